The topological polar surface area (TPSA) is 158 Å². The molecule has 134 valence electrons. The molecule has 12 nitrogen and oxygen atoms in total. The van der Waals surface area contributed by atoms with E-state index in [9.17, 15) is 0 Å². The first kappa shape index (κ1) is 18.3. The monoisotopic (exact) mass is 340 g/mol. The predicted molar refractivity (Wildman–Crippen MR) is 82.8 cm³/mol. The van der Waals surface area contributed by atoms with E-state index in [1.807, 2.05) is 0 Å². The molecule has 0 fully saturated rings. The summed E-state index contributed by atoms with van der Waals surface area (Å²) in [5.74, 6) is 1.54. The second-order valence-corrected chi connectivity index (χ2v) is 4.94. The summed E-state index contributed by atoms with van der Waals surface area (Å²) in [4.78, 5) is 0. The number of rotatable bonds is 13. The van der Waals surface area contributed by atoms with Gasteiger partial charge in [-0.05, 0) is 33.9 Å². The fourth-order valence-corrected chi connectivity index (χ4v) is 2.03. The predicted octanol–water partition coefficient (Wildman–Crippen LogP) is -2.60. The maximum absolute atomic E-state index is 5.50. The van der Waals surface area contributed by atoms with Gasteiger partial charge in [0.15, 0.2) is 11.6 Å². The molecule has 2 rings (SSSR count). The molecule has 0 aliphatic rings. The smallest absolute Gasteiger partial charge is 0.152 e. The molecule has 0 amide bonds. The van der Waals surface area contributed by atoms with Gasteiger partial charge in [-0.15, -0.1) is 10.2 Å². The molecule has 4 N–H and O–H groups in total. The van der Waals surface area contributed by atoms with Crippen LogP contribution in [-0.4, -0.2) is 79.9 Å². The van der Waals surface area contributed by atoms with Crippen LogP contribution < -0.4 is 11.5 Å². The maximum Gasteiger partial charge on any atom is 0.152 e. The molecule has 2 heterocycles. The minimum absolute atomic E-state index is 0.500. The molecule has 0 aromatic carbocycles. The van der Waals surface area contributed by atoms with E-state index in [2.05, 4.69) is 31.1 Å². The van der Waals surface area contributed by atoms with Gasteiger partial charge >= 0.3 is 0 Å². The van der Waals surface area contributed by atoms with Crippen LogP contribution in [0, 0.1) is 0 Å². The lowest BCUT2D eigenvalue weighted by Gasteiger charge is -2.07. The fraction of sp³-hybridized carbons (Fsp3) is 0.833. The second-order valence-electron chi connectivity index (χ2n) is 4.94. The normalized spacial score (nSPS) is 11.2. The minimum atomic E-state index is 0.500. The molecule has 0 aliphatic heterocycles. The lowest BCUT2D eigenvalue weighted by atomic mass is 10.4. The zero-order chi connectivity index (χ0) is 17.0. The zero-order valence-corrected chi connectivity index (χ0v) is 13.6. The SMILES string of the molecule is NCCc1nnnn1CCOCCOCCn1nnnc1CCN. The van der Waals surface area contributed by atoms with Gasteiger partial charge in [0.05, 0.1) is 39.5 Å². The summed E-state index contributed by atoms with van der Waals surface area (Å²) >= 11 is 0. The van der Waals surface area contributed by atoms with Crippen LogP contribution in [-0.2, 0) is 35.4 Å². The summed E-state index contributed by atoms with van der Waals surface area (Å²) in [5.41, 5.74) is 11.0. The van der Waals surface area contributed by atoms with E-state index in [1.165, 1.54) is 0 Å². The number of hydrogen-bond donors (Lipinski definition) is 2. The average Bonchev–Trinajstić information content (AvgIpc) is 3.20. The Hall–Kier alpha value is -2.02. The highest BCUT2D eigenvalue weighted by atomic mass is 16.5. The molecule has 2 aromatic rings. The van der Waals surface area contributed by atoms with Crippen LogP contribution in [0.2, 0.25) is 0 Å². The van der Waals surface area contributed by atoms with Crippen molar-refractivity contribution >= 4 is 0 Å². The molecule has 0 aliphatic carbocycles. The van der Waals surface area contributed by atoms with E-state index in [-0.39, 0.29) is 0 Å². The van der Waals surface area contributed by atoms with E-state index >= 15 is 0 Å². The Morgan fingerprint density at radius 3 is 1.58 bits per heavy atom. The van der Waals surface area contributed by atoms with Crippen LogP contribution >= 0.6 is 0 Å². The number of ether oxygens (including phenoxy) is 2. The summed E-state index contributed by atoms with van der Waals surface area (Å²) < 4.78 is 14.4. The van der Waals surface area contributed by atoms with Gasteiger partial charge in [0.2, 0.25) is 0 Å². The van der Waals surface area contributed by atoms with Gasteiger partial charge in [-0.25, -0.2) is 9.36 Å². The molecule has 0 saturated carbocycles. The molecule has 0 bridgehead atoms. The highest BCUT2D eigenvalue weighted by Gasteiger charge is 2.05. The second kappa shape index (κ2) is 10.7. The Kier molecular flexibility index (Phi) is 8.17. The Bertz CT molecular complexity index is 521. The van der Waals surface area contributed by atoms with E-state index in [4.69, 9.17) is 20.9 Å². The van der Waals surface area contributed by atoms with E-state index in [1.54, 1.807) is 9.36 Å². The van der Waals surface area contributed by atoms with Gasteiger partial charge in [-0.3, -0.25) is 0 Å². The van der Waals surface area contributed by atoms with Crippen molar-refractivity contribution in [3.8, 4) is 0 Å². The molecular formula is C12H24N10O2. The van der Waals surface area contributed by atoms with Crippen molar-refractivity contribution in [3.05, 3.63) is 11.6 Å². The van der Waals surface area contributed by atoms with E-state index in [0.29, 0.717) is 65.4 Å². The van der Waals surface area contributed by atoms with Gasteiger partial charge in [-0.2, -0.15) is 0 Å². The molecule has 24 heavy (non-hydrogen) atoms. The molecule has 0 atom stereocenters. The number of aromatic nitrogens is 8. The van der Waals surface area contributed by atoms with Crippen molar-refractivity contribution in [1.29, 1.82) is 0 Å². The van der Waals surface area contributed by atoms with Crippen molar-refractivity contribution in [2.24, 2.45) is 11.5 Å². The van der Waals surface area contributed by atoms with Crippen LogP contribution in [0.25, 0.3) is 0 Å². The van der Waals surface area contributed by atoms with Crippen molar-refractivity contribution in [1.82, 2.24) is 40.4 Å². The van der Waals surface area contributed by atoms with Crippen LogP contribution in [0.15, 0.2) is 0 Å². The Labute approximate surface area is 139 Å². The summed E-state index contributed by atoms with van der Waals surface area (Å²) in [5, 5.41) is 22.8. The lowest BCUT2D eigenvalue weighted by Crippen LogP contribution is -2.17. The van der Waals surface area contributed by atoms with E-state index in [0.717, 1.165) is 11.6 Å². The van der Waals surface area contributed by atoms with Crippen LogP contribution in [0.1, 0.15) is 11.6 Å². The van der Waals surface area contributed by atoms with Gasteiger partial charge in [0.1, 0.15) is 0 Å². The van der Waals surface area contributed by atoms with Crippen LogP contribution in [0.4, 0.5) is 0 Å². The molecule has 0 spiro atoms. The third-order valence-corrected chi connectivity index (χ3v) is 3.21. The first-order valence-electron chi connectivity index (χ1n) is 7.91. The first-order valence-corrected chi connectivity index (χ1v) is 7.91. The highest BCUT2D eigenvalue weighted by molar-refractivity contribution is 4.81. The van der Waals surface area contributed by atoms with Crippen LogP contribution in [0.5, 0.6) is 0 Å². The van der Waals surface area contributed by atoms with Gasteiger partial charge in [0, 0.05) is 12.8 Å². The molecule has 0 unspecified atom stereocenters. The summed E-state index contributed by atoms with van der Waals surface area (Å²) in [7, 11) is 0. The van der Waals surface area contributed by atoms with Crippen molar-refractivity contribution in [2.75, 3.05) is 39.5 Å². The number of hydrogen-bond acceptors (Lipinski definition) is 10. The number of nitrogens with two attached hydrogens (primary N) is 2. The molecule has 0 radical (unpaired) electrons. The number of nitrogens with zero attached hydrogens (tertiary/aromatic N) is 8. The molecule has 12 heteroatoms. The highest BCUT2D eigenvalue weighted by Crippen LogP contribution is 1.94. The lowest BCUT2D eigenvalue weighted by molar-refractivity contribution is 0.0398. The van der Waals surface area contributed by atoms with Crippen molar-refractivity contribution in [2.45, 2.75) is 25.9 Å². The summed E-state index contributed by atoms with van der Waals surface area (Å²) in [6.45, 7) is 4.25. The minimum Gasteiger partial charge on any atom is -0.377 e. The van der Waals surface area contributed by atoms with Crippen molar-refractivity contribution in [3.63, 3.8) is 0 Å². The molecular weight excluding hydrogens is 316 g/mol. The largest absolute Gasteiger partial charge is 0.377 e. The van der Waals surface area contributed by atoms with Gasteiger partial charge in [-0.1, -0.05) is 0 Å². The number of tetrazole rings is 2. The van der Waals surface area contributed by atoms with Gasteiger partial charge in [0.25, 0.3) is 0 Å². The Morgan fingerprint density at radius 1 is 0.708 bits per heavy atom. The maximum atomic E-state index is 5.50. The summed E-state index contributed by atoms with van der Waals surface area (Å²) in [6, 6.07) is 0. The molecule has 2 aromatic heterocycles. The third-order valence-electron chi connectivity index (χ3n) is 3.21. The fourth-order valence-electron chi connectivity index (χ4n) is 2.03. The zero-order valence-electron chi connectivity index (χ0n) is 13.6. The Morgan fingerprint density at radius 2 is 1.17 bits per heavy atom. The average molecular weight is 340 g/mol. The van der Waals surface area contributed by atoms with Crippen LogP contribution in [0.3, 0.4) is 0 Å². The Balaban J connectivity index is 1.51. The van der Waals surface area contributed by atoms with Gasteiger partial charge < -0.3 is 20.9 Å². The van der Waals surface area contributed by atoms with E-state index < -0.39 is 0 Å². The quantitative estimate of drug-likeness (QED) is 0.370. The molecule has 0 saturated heterocycles. The first-order chi connectivity index (χ1) is 11.8. The third kappa shape index (κ3) is 5.88. The standard InChI is InChI=1S/C12H24N10O2/c13-3-1-11-15-17-19-21(11)5-7-23-9-10-24-8-6-22-12(2-4-14)16-18-20-22/h1-10,13-14H2. The van der Waals surface area contributed by atoms with Crippen molar-refractivity contribution < 1.29 is 9.47 Å². The summed E-state index contributed by atoms with van der Waals surface area (Å²) in [6.07, 6.45) is 1.30.